The van der Waals surface area contributed by atoms with E-state index in [0.29, 0.717) is 10.6 Å². The molecule has 0 spiro atoms. The molecule has 0 unspecified atom stereocenters. The maximum absolute atomic E-state index is 8.46. The van der Waals surface area contributed by atoms with Crippen LogP contribution in [0.2, 0.25) is 0 Å². The number of anilines is 1. The van der Waals surface area contributed by atoms with Crippen LogP contribution in [0.3, 0.4) is 0 Å². The Bertz CT molecular complexity index is 468. The summed E-state index contributed by atoms with van der Waals surface area (Å²) in [5.74, 6) is 0. The Morgan fingerprint density at radius 2 is 2.07 bits per heavy atom. The van der Waals surface area contributed by atoms with Crippen molar-refractivity contribution in [3.05, 3.63) is 22.7 Å². The lowest BCUT2D eigenvalue weighted by atomic mass is 10.3. The van der Waals surface area contributed by atoms with Gasteiger partial charge in [-0.3, -0.25) is 5.43 Å². The zero-order chi connectivity index (χ0) is 11.3. The zero-order valence-corrected chi connectivity index (χ0v) is 9.88. The van der Waals surface area contributed by atoms with Gasteiger partial charge >= 0.3 is 0 Å². The van der Waals surface area contributed by atoms with Crippen LogP contribution < -0.4 is 5.43 Å². The molecule has 0 aromatic heterocycles. The Morgan fingerprint density at radius 1 is 1.40 bits per heavy atom. The van der Waals surface area contributed by atoms with E-state index in [9.17, 15) is 0 Å². The van der Waals surface area contributed by atoms with Crippen LogP contribution in [0.5, 0.6) is 0 Å². The number of nitriles is 2. The molecule has 4 nitrogen and oxygen atoms in total. The molecule has 0 amide bonds. The molecule has 1 N–H and O–H groups in total. The van der Waals surface area contributed by atoms with E-state index in [1.54, 1.807) is 24.3 Å². The second-order valence-corrected chi connectivity index (χ2v) is 3.73. The zero-order valence-electron chi connectivity index (χ0n) is 7.40. The summed E-state index contributed by atoms with van der Waals surface area (Å²) in [5.41, 5.74) is 2.98. The van der Waals surface area contributed by atoms with Gasteiger partial charge in [-0.1, -0.05) is 6.07 Å². The first-order valence-electron chi connectivity index (χ1n) is 3.80. The molecule has 15 heavy (non-hydrogen) atoms. The van der Waals surface area contributed by atoms with E-state index in [0.717, 1.165) is 4.47 Å². The van der Waals surface area contributed by atoms with Crippen molar-refractivity contribution in [2.75, 3.05) is 5.43 Å². The van der Waals surface area contributed by atoms with Crippen LogP contribution in [0.15, 0.2) is 32.7 Å². The smallest absolute Gasteiger partial charge is 0.237 e. The normalized spacial score (nSPS) is 8.53. The second kappa shape index (κ2) is 5.40. The first-order valence-corrected chi connectivity index (χ1v) is 5.04. The monoisotopic (exact) mass is 280 g/mol. The Hall–Kier alpha value is -1.50. The topological polar surface area (TPSA) is 72.0 Å². The summed E-state index contributed by atoms with van der Waals surface area (Å²) in [6, 6.07) is 8.65. The summed E-state index contributed by atoms with van der Waals surface area (Å²) in [7, 11) is 0. The van der Waals surface area contributed by atoms with Crippen LogP contribution in [-0.4, -0.2) is 5.71 Å². The average molecular weight is 281 g/mol. The predicted octanol–water partition coefficient (Wildman–Crippen LogP) is 2.55. The summed E-state index contributed by atoms with van der Waals surface area (Å²) in [6.07, 6.45) is 0. The Morgan fingerprint density at radius 3 is 2.67 bits per heavy atom. The fourth-order valence-corrected chi connectivity index (χ4v) is 1.36. The molecule has 0 bridgehead atoms. The van der Waals surface area contributed by atoms with Crippen LogP contribution in [0.1, 0.15) is 0 Å². The Kier molecular flexibility index (Phi) is 4.17. The molecule has 1 aromatic carbocycles. The summed E-state index contributed by atoms with van der Waals surface area (Å²) in [5, 5.41) is 20.5. The standard InChI is InChI=1S/C9H5BrN4S/c10-7-2-1-3-8(9(7)15)14-13-6(4-11)5-12/h1-3,14-15H. The number of rotatable bonds is 2. The number of halogens is 1. The van der Waals surface area contributed by atoms with E-state index < -0.39 is 0 Å². The fraction of sp³-hybridized carbons (Fsp3) is 0. The van der Waals surface area contributed by atoms with Crippen molar-refractivity contribution in [2.24, 2.45) is 5.10 Å². The quantitative estimate of drug-likeness (QED) is 0.497. The molecule has 0 aliphatic heterocycles. The molecule has 0 fully saturated rings. The van der Waals surface area contributed by atoms with E-state index in [2.05, 4.69) is 39.1 Å². The average Bonchev–Trinajstić information content (AvgIpc) is 2.25. The minimum Gasteiger partial charge on any atom is -0.275 e. The van der Waals surface area contributed by atoms with Gasteiger partial charge in [0.1, 0.15) is 12.1 Å². The van der Waals surface area contributed by atoms with E-state index in [1.807, 2.05) is 6.07 Å². The third-order valence-corrected chi connectivity index (χ3v) is 2.94. The molecular weight excluding hydrogens is 276 g/mol. The highest BCUT2D eigenvalue weighted by Crippen LogP contribution is 2.27. The van der Waals surface area contributed by atoms with Gasteiger partial charge in [0.25, 0.3) is 0 Å². The minimum absolute atomic E-state index is 0.234. The maximum atomic E-state index is 8.46. The number of hydrazone groups is 1. The van der Waals surface area contributed by atoms with Gasteiger partial charge in [0.15, 0.2) is 0 Å². The fourth-order valence-electron chi connectivity index (χ4n) is 0.797. The number of nitrogens with zero attached hydrogens (tertiary/aromatic N) is 3. The van der Waals surface area contributed by atoms with Crippen LogP contribution in [0.4, 0.5) is 5.69 Å². The minimum atomic E-state index is -0.234. The van der Waals surface area contributed by atoms with Crippen molar-refractivity contribution < 1.29 is 0 Å². The van der Waals surface area contributed by atoms with Gasteiger partial charge < -0.3 is 0 Å². The van der Waals surface area contributed by atoms with E-state index in [4.69, 9.17) is 10.5 Å². The van der Waals surface area contributed by atoms with Gasteiger partial charge in [0.05, 0.1) is 5.69 Å². The molecule has 0 saturated heterocycles. The number of thiol groups is 1. The number of nitrogens with one attached hydrogen (secondary N) is 1. The van der Waals surface area contributed by atoms with Crippen molar-refractivity contribution in [3.63, 3.8) is 0 Å². The molecule has 0 atom stereocenters. The largest absolute Gasteiger partial charge is 0.275 e. The number of benzene rings is 1. The molecule has 0 aliphatic carbocycles. The van der Waals surface area contributed by atoms with Crippen molar-refractivity contribution in [2.45, 2.75) is 4.90 Å². The highest BCUT2D eigenvalue weighted by molar-refractivity contribution is 9.10. The van der Waals surface area contributed by atoms with E-state index in [1.165, 1.54) is 0 Å². The number of hydrogen-bond donors (Lipinski definition) is 2. The van der Waals surface area contributed by atoms with Gasteiger partial charge in [0, 0.05) is 9.37 Å². The molecule has 74 valence electrons. The van der Waals surface area contributed by atoms with Crippen molar-refractivity contribution in [3.8, 4) is 12.1 Å². The van der Waals surface area contributed by atoms with Gasteiger partial charge in [-0.25, -0.2) is 0 Å². The van der Waals surface area contributed by atoms with Crippen LogP contribution >= 0.6 is 28.6 Å². The summed E-state index contributed by atoms with van der Waals surface area (Å²) in [6.45, 7) is 0. The maximum Gasteiger partial charge on any atom is 0.237 e. The molecule has 1 rings (SSSR count). The molecule has 6 heteroatoms. The summed E-state index contributed by atoms with van der Waals surface area (Å²) < 4.78 is 0.807. The van der Waals surface area contributed by atoms with Crippen molar-refractivity contribution in [1.29, 1.82) is 10.5 Å². The highest BCUT2D eigenvalue weighted by Gasteiger charge is 2.01. The SMILES string of the molecule is N#CC(C#N)=NNc1cccc(Br)c1S. The first kappa shape index (κ1) is 11.6. The lowest BCUT2D eigenvalue weighted by molar-refractivity contribution is 1.27. The van der Waals surface area contributed by atoms with Gasteiger partial charge in [-0.2, -0.15) is 15.6 Å². The van der Waals surface area contributed by atoms with Crippen molar-refractivity contribution >= 4 is 40.0 Å². The van der Waals surface area contributed by atoms with E-state index in [-0.39, 0.29) is 5.71 Å². The predicted molar refractivity (Wildman–Crippen MR) is 63.7 cm³/mol. The Labute approximate surface area is 101 Å². The van der Waals surface area contributed by atoms with Crippen LogP contribution in [-0.2, 0) is 0 Å². The second-order valence-electron chi connectivity index (χ2n) is 2.43. The Balaban J connectivity index is 2.93. The first-order chi connectivity index (χ1) is 7.19. The van der Waals surface area contributed by atoms with Crippen LogP contribution in [0.25, 0.3) is 0 Å². The van der Waals surface area contributed by atoms with Gasteiger partial charge in [0.2, 0.25) is 5.71 Å². The highest BCUT2D eigenvalue weighted by atomic mass is 79.9. The van der Waals surface area contributed by atoms with Gasteiger partial charge in [-0.15, -0.1) is 12.6 Å². The summed E-state index contributed by atoms with van der Waals surface area (Å²) in [4.78, 5) is 0.663. The molecule has 0 saturated carbocycles. The third-order valence-electron chi connectivity index (χ3n) is 1.49. The van der Waals surface area contributed by atoms with E-state index >= 15 is 0 Å². The van der Waals surface area contributed by atoms with Crippen molar-refractivity contribution in [1.82, 2.24) is 0 Å². The lowest BCUT2D eigenvalue weighted by Crippen LogP contribution is -1.97. The molecule has 0 aliphatic rings. The molecule has 1 aromatic rings. The lowest BCUT2D eigenvalue weighted by Gasteiger charge is -2.04. The summed E-state index contributed by atoms with van der Waals surface area (Å²) >= 11 is 7.52. The molecular formula is C9H5BrN4S. The molecule has 0 radical (unpaired) electrons. The third kappa shape index (κ3) is 2.98. The number of hydrogen-bond acceptors (Lipinski definition) is 5. The van der Waals surface area contributed by atoms with Gasteiger partial charge in [-0.05, 0) is 28.1 Å². The van der Waals surface area contributed by atoms with Crippen LogP contribution in [0, 0.1) is 22.7 Å². The molecule has 0 heterocycles.